The number of hydrogen-bond donors (Lipinski definition) is 0. The van der Waals surface area contributed by atoms with Crippen molar-refractivity contribution in [3.05, 3.63) is 0 Å². The molecule has 4 bridgehead atoms. The Bertz CT molecular complexity index is 644. The van der Waals surface area contributed by atoms with Crippen LogP contribution in [0.1, 0.15) is 65.7 Å². The minimum absolute atomic E-state index is 0.0599. The first-order valence-electron chi connectivity index (χ1n) is 11.7. The number of carbonyl (C=O) groups is 2. The molecule has 0 N–H and O–H groups in total. The van der Waals surface area contributed by atoms with Gasteiger partial charge in [0.05, 0.1) is 6.04 Å². The maximum Gasteiger partial charge on any atom is 0.410 e. The van der Waals surface area contributed by atoms with Crippen molar-refractivity contribution in [3.63, 3.8) is 0 Å². The molecule has 2 atom stereocenters. The molecule has 162 valence electrons. The quantitative estimate of drug-likeness (QED) is 0.655. The number of ether oxygens (including phenoxy) is 2. The summed E-state index contributed by atoms with van der Waals surface area (Å²) in [6.07, 6.45) is 8.18. The fourth-order valence-corrected chi connectivity index (χ4v) is 7.14. The standard InChI is InChI=1S/C23H36N2O4/c1-23(2,3)29-22(27)25-6-4-5-16-12-24(13-19(16)25)21(26)28-20-17-8-14-7-15(10-17)11-18(20)9-14/h14-20H,4-13H2,1-3H3/t14?,15?,16-,17?,18?,19-,20?/m0/s1. The number of carbonyl (C=O) groups excluding carboxylic acids is 2. The van der Waals surface area contributed by atoms with Crippen LogP contribution >= 0.6 is 0 Å². The molecule has 6 fully saturated rings. The van der Waals surface area contributed by atoms with Crippen LogP contribution in [0.5, 0.6) is 0 Å². The Labute approximate surface area is 174 Å². The summed E-state index contributed by atoms with van der Waals surface area (Å²) >= 11 is 0. The Morgan fingerprint density at radius 1 is 0.862 bits per heavy atom. The summed E-state index contributed by atoms with van der Waals surface area (Å²) in [6, 6.07) is 0.0599. The molecule has 0 aromatic carbocycles. The summed E-state index contributed by atoms with van der Waals surface area (Å²) in [6.45, 7) is 7.70. The second-order valence-electron chi connectivity index (χ2n) is 11.3. The number of nitrogens with zero attached hydrogens (tertiary/aromatic N) is 2. The van der Waals surface area contributed by atoms with Crippen LogP contribution in [0.3, 0.4) is 0 Å². The summed E-state index contributed by atoms with van der Waals surface area (Å²) < 4.78 is 11.8. The number of fused-ring (bicyclic) bond motifs is 1. The van der Waals surface area contributed by atoms with Gasteiger partial charge in [-0.25, -0.2) is 9.59 Å². The number of rotatable bonds is 1. The van der Waals surface area contributed by atoms with Gasteiger partial charge >= 0.3 is 12.2 Å². The third kappa shape index (κ3) is 3.72. The zero-order valence-electron chi connectivity index (χ0n) is 18.1. The topological polar surface area (TPSA) is 59.1 Å². The lowest BCUT2D eigenvalue weighted by Crippen LogP contribution is -2.51. The predicted molar refractivity (Wildman–Crippen MR) is 108 cm³/mol. The first kappa shape index (κ1) is 19.5. The summed E-state index contributed by atoms with van der Waals surface area (Å²) in [5, 5.41) is 0. The maximum absolute atomic E-state index is 13.1. The second kappa shape index (κ2) is 7.05. The first-order valence-corrected chi connectivity index (χ1v) is 11.7. The number of piperidine rings is 1. The molecule has 0 unspecified atom stereocenters. The fraction of sp³-hybridized carbons (Fsp3) is 0.913. The Hall–Kier alpha value is -1.46. The minimum atomic E-state index is -0.499. The van der Waals surface area contributed by atoms with Crippen LogP contribution in [0, 0.1) is 29.6 Å². The van der Waals surface area contributed by atoms with Gasteiger partial charge < -0.3 is 19.3 Å². The van der Waals surface area contributed by atoms with Gasteiger partial charge in [0, 0.05) is 19.6 Å². The summed E-state index contributed by atoms with van der Waals surface area (Å²) in [5.74, 6) is 3.26. The van der Waals surface area contributed by atoms with Crippen LogP contribution in [0.4, 0.5) is 9.59 Å². The van der Waals surface area contributed by atoms with Gasteiger partial charge in [-0.15, -0.1) is 0 Å². The van der Waals surface area contributed by atoms with Crippen molar-refractivity contribution >= 4 is 12.2 Å². The third-order valence-corrected chi connectivity index (χ3v) is 8.04. The van der Waals surface area contributed by atoms with Gasteiger partial charge in [-0.2, -0.15) is 0 Å². The van der Waals surface area contributed by atoms with Crippen molar-refractivity contribution in [1.82, 2.24) is 9.80 Å². The molecule has 4 aliphatic carbocycles. The lowest BCUT2D eigenvalue weighted by Gasteiger charge is -2.53. The fourth-order valence-electron chi connectivity index (χ4n) is 7.14. The van der Waals surface area contributed by atoms with Crippen LogP contribution in [0.15, 0.2) is 0 Å². The number of likely N-dealkylation sites (tertiary alicyclic amines) is 2. The lowest BCUT2D eigenvalue weighted by atomic mass is 9.55. The van der Waals surface area contributed by atoms with E-state index in [2.05, 4.69) is 0 Å². The molecule has 6 nitrogen and oxygen atoms in total. The first-order chi connectivity index (χ1) is 13.8. The monoisotopic (exact) mass is 404 g/mol. The maximum atomic E-state index is 13.1. The SMILES string of the molecule is CC(C)(C)OC(=O)N1CCC[C@H]2CN(C(=O)OC3C4CC5CC(C4)CC3C5)C[C@@H]21. The van der Waals surface area contributed by atoms with E-state index in [1.165, 1.54) is 32.1 Å². The van der Waals surface area contributed by atoms with Gasteiger partial charge in [0.2, 0.25) is 0 Å². The molecular weight excluding hydrogens is 368 g/mol. The summed E-state index contributed by atoms with van der Waals surface area (Å²) in [4.78, 5) is 29.5. The molecule has 2 heterocycles. The van der Waals surface area contributed by atoms with Gasteiger partial charge in [0.1, 0.15) is 11.7 Å². The van der Waals surface area contributed by atoms with Crippen LogP contribution in [0.25, 0.3) is 0 Å². The Kier molecular flexibility index (Phi) is 4.74. The highest BCUT2D eigenvalue weighted by atomic mass is 16.6. The van der Waals surface area contributed by atoms with Crippen LogP contribution in [0.2, 0.25) is 0 Å². The van der Waals surface area contributed by atoms with E-state index in [0.29, 0.717) is 37.4 Å². The Balaban J connectivity index is 1.22. The van der Waals surface area contributed by atoms with E-state index in [0.717, 1.165) is 24.7 Å². The molecule has 4 saturated carbocycles. The molecule has 0 spiro atoms. The molecule has 29 heavy (non-hydrogen) atoms. The van der Waals surface area contributed by atoms with Crippen LogP contribution in [-0.4, -0.2) is 59.4 Å². The van der Waals surface area contributed by atoms with E-state index in [1.54, 1.807) is 0 Å². The number of amides is 2. The molecule has 6 aliphatic rings. The molecule has 2 saturated heterocycles. The highest BCUT2D eigenvalue weighted by Gasteiger charge is 2.51. The molecule has 2 aliphatic heterocycles. The van der Waals surface area contributed by atoms with Crippen molar-refractivity contribution in [2.24, 2.45) is 29.6 Å². The van der Waals surface area contributed by atoms with E-state index < -0.39 is 5.60 Å². The number of hydrogen-bond acceptors (Lipinski definition) is 4. The van der Waals surface area contributed by atoms with E-state index in [-0.39, 0.29) is 24.3 Å². The second-order valence-corrected chi connectivity index (χ2v) is 11.3. The summed E-state index contributed by atoms with van der Waals surface area (Å²) in [5.41, 5.74) is -0.499. The zero-order chi connectivity index (χ0) is 20.3. The zero-order valence-corrected chi connectivity index (χ0v) is 18.1. The van der Waals surface area contributed by atoms with Crippen molar-refractivity contribution in [3.8, 4) is 0 Å². The smallest absolute Gasteiger partial charge is 0.410 e. The van der Waals surface area contributed by atoms with Crippen molar-refractivity contribution in [2.45, 2.75) is 83.5 Å². The Morgan fingerprint density at radius 2 is 1.52 bits per heavy atom. The van der Waals surface area contributed by atoms with Gasteiger partial charge in [-0.3, -0.25) is 0 Å². The van der Waals surface area contributed by atoms with Gasteiger partial charge in [0.25, 0.3) is 0 Å². The van der Waals surface area contributed by atoms with E-state index in [1.807, 2.05) is 30.6 Å². The average molecular weight is 405 g/mol. The molecule has 0 aromatic rings. The molecule has 2 amide bonds. The van der Waals surface area contributed by atoms with E-state index >= 15 is 0 Å². The predicted octanol–water partition coefficient (Wildman–Crippen LogP) is 4.28. The molecular formula is C23H36N2O4. The van der Waals surface area contributed by atoms with Gasteiger partial charge in [-0.1, -0.05) is 0 Å². The molecule has 6 rings (SSSR count). The van der Waals surface area contributed by atoms with Gasteiger partial charge in [-0.05, 0) is 95.3 Å². The minimum Gasteiger partial charge on any atom is -0.446 e. The summed E-state index contributed by atoms with van der Waals surface area (Å²) in [7, 11) is 0. The van der Waals surface area contributed by atoms with Crippen LogP contribution in [-0.2, 0) is 9.47 Å². The van der Waals surface area contributed by atoms with Crippen molar-refractivity contribution in [2.75, 3.05) is 19.6 Å². The highest BCUT2D eigenvalue weighted by Crippen LogP contribution is 2.54. The lowest BCUT2D eigenvalue weighted by molar-refractivity contribution is -0.102. The molecule has 0 radical (unpaired) electrons. The Morgan fingerprint density at radius 3 is 2.14 bits per heavy atom. The van der Waals surface area contributed by atoms with E-state index in [4.69, 9.17) is 9.47 Å². The normalized spacial score (nSPS) is 40.7. The van der Waals surface area contributed by atoms with Gasteiger partial charge in [0.15, 0.2) is 0 Å². The average Bonchev–Trinajstić information content (AvgIpc) is 3.07. The molecule has 0 aromatic heterocycles. The van der Waals surface area contributed by atoms with Crippen LogP contribution < -0.4 is 0 Å². The molecule has 6 heteroatoms. The highest BCUT2D eigenvalue weighted by molar-refractivity contribution is 5.71. The third-order valence-electron chi connectivity index (χ3n) is 8.04. The largest absolute Gasteiger partial charge is 0.446 e. The van der Waals surface area contributed by atoms with Crippen molar-refractivity contribution in [1.29, 1.82) is 0 Å². The van der Waals surface area contributed by atoms with Crippen molar-refractivity contribution < 1.29 is 19.1 Å². The van der Waals surface area contributed by atoms with E-state index in [9.17, 15) is 9.59 Å².